The first-order valence-electron chi connectivity index (χ1n) is 6.52. The van der Waals surface area contributed by atoms with E-state index in [0.717, 1.165) is 28.2 Å². The number of fused-ring (bicyclic) bond motifs is 3. The molecule has 0 spiro atoms. The van der Waals surface area contributed by atoms with Gasteiger partial charge in [0.2, 0.25) is 0 Å². The number of benzene rings is 2. The van der Waals surface area contributed by atoms with E-state index in [2.05, 4.69) is 15.5 Å². The second-order valence-electron chi connectivity index (χ2n) is 5.18. The molecule has 0 aliphatic carbocycles. The predicted octanol–water partition coefficient (Wildman–Crippen LogP) is 2.61. The van der Waals surface area contributed by atoms with Crippen LogP contribution in [0.15, 0.2) is 35.5 Å². The Balaban J connectivity index is 2.20. The number of aryl methyl sites for hydroxylation is 1. The second-order valence-corrected chi connectivity index (χ2v) is 6.74. The predicted molar refractivity (Wildman–Crippen MR) is 81.2 cm³/mol. The molecule has 2 aromatic rings. The normalized spacial score (nSPS) is 19.6. The van der Waals surface area contributed by atoms with Crippen molar-refractivity contribution in [2.45, 2.75) is 20.0 Å². The van der Waals surface area contributed by atoms with Crippen molar-refractivity contribution in [1.82, 2.24) is 0 Å². The SMILES string of the molecule is Cc1ccc2c3c(ccc2c1)OC(C)/C3=N\OS(C)(=O)=O. The largest absolute Gasteiger partial charge is 0.484 e. The van der Waals surface area contributed by atoms with Gasteiger partial charge in [-0.05, 0) is 30.7 Å². The fourth-order valence-corrected chi connectivity index (χ4v) is 2.68. The monoisotopic (exact) mass is 305 g/mol. The molecule has 1 unspecified atom stereocenters. The molecule has 1 atom stereocenters. The molecule has 21 heavy (non-hydrogen) atoms. The molecule has 0 aromatic heterocycles. The van der Waals surface area contributed by atoms with Crippen LogP contribution in [-0.2, 0) is 14.4 Å². The fraction of sp³-hybridized carbons (Fsp3) is 0.267. The first kappa shape index (κ1) is 13.9. The molecule has 5 nitrogen and oxygen atoms in total. The van der Waals surface area contributed by atoms with Crippen LogP contribution in [0.2, 0.25) is 0 Å². The second kappa shape index (κ2) is 4.73. The molecule has 0 amide bonds. The lowest BCUT2D eigenvalue weighted by Gasteiger charge is -2.05. The minimum Gasteiger partial charge on any atom is -0.484 e. The molecule has 6 heteroatoms. The van der Waals surface area contributed by atoms with Gasteiger partial charge in [0.05, 0.1) is 11.8 Å². The Morgan fingerprint density at radius 1 is 1.24 bits per heavy atom. The zero-order valence-electron chi connectivity index (χ0n) is 12.0. The van der Waals surface area contributed by atoms with E-state index >= 15 is 0 Å². The van der Waals surface area contributed by atoms with E-state index in [9.17, 15) is 8.42 Å². The van der Waals surface area contributed by atoms with Crippen LogP contribution in [0.3, 0.4) is 0 Å². The van der Waals surface area contributed by atoms with E-state index in [1.807, 2.05) is 38.1 Å². The summed E-state index contributed by atoms with van der Waals surface area (Å²) < 4.78 is 32.6. The number of hydrogen-bond acceptors (Lipinski definition) is 5. The maximum Gasteiger partial charge on any atom is 0.325 e. The molecule has 0 N–H and O–H groups in total. The van der Waals surface area contributed by atoms with Crippen LogP contribution in [0, 0.1) is 6.92 Å². The van der Waals surface area contributed by atoms with Crippen LogP contribution in [-0.4, -0.2) is 26.5 Å². The van der Waals surface area contributed by atoms with E-state index in [4.69, 9.17) is 4.74 Å². The van der Waals surface area contributed by atoms with Gasteiger partial charge in [-0.15, -0.1) is 0 Å². The van der Waals surface area contributed by atoms with Crippen molar-refractivity contribution in [3.63, 3.8) is 0 Å². The molecule has 0 bridgehead atoms. The molecule has 0 saturated carbocycles. The Labute approximate surface area is 123 Å². The van der Waals surface area contributed by atoms with E-state index in [1.54, 1.807) is 0 Å². The Kier molecular flexibility index (Phi) is 3.13. The molecule has 1 aliphatic heterocycles. The average Bonchev–Trinajstić information content (AvgIpc) is 2.71. The lowest BCUT2D eigenvalue weighted by molar-refractivity contribution is 0.292. The van der Waals surface area contributed by atoms with Crippen molar-refractivity contribution in [1.29, 1.82) is 0 Å². The summed E-state index contributed by atoms with van der Waals surface area (Å²) in [6.45, 7) is 3.83. The summed E-state index contributed by atoms with van der Waals surface area (Å²) in [6, 6.07) is 9.90. The van der Waals surface area contributed by atoms with Gasteiger partial charge in [0.1, 0.15) is 17.6 Å². The molecule has 2 aromatic carbocycles. The number of nitrogens with zero attached hydrogens (tertiary/aromatic N) is 1. The third kappa shape index (κ3) is 2.58. The van der Waals surface area contributed by atoms with Gasteiger partial charge < -0.3 is 4.74 Å². The quantitative estimate of drug-likeness (QED) is 0.800. The van der Waals surface area contributed by atoms with Crippen LogP contribution >= 0.6 is 0 Å². The summed E-state index contributed by atoms with van der Waals surface area (Å²) in [6.07, 6.45) is 0.610. The maximum absolute atomic E-state index is 11.1. The summed E-state index contributed by atoms with van der Waals surface area (Å²) in [5.74, 6) is 0.690. The lowest BCUT2D eigenvalue weighted by atomic mass is 9.98. The Morgan fingerprint density at radius 3 is 2.71 bits per heavy atom. The maximum atomic E-state index is 11.1. The van der Waals surface area contributed by atoms with Crippen molar-refractivity contribution in [3.05, 3.63) is 41.5 Å². The molecule has 0 fully saturated rings. The minimum absolute atomic E-state index is 0.353. The van der Waals surface area contributed by atoms with Crippen molar-refractivity contribution in [2.75, 3.05) is 6.26 Å². The smallest absolute Gasteiger partial charge is 0.325 e. The van der Waals surface area contributed by atoms with E-state index < -0.39 is 10.1 Å². The van der Waals surface area contributed by atoms with Crippen LogP contribution in [0.4, 0.5) is 0 Å². The summed E-state index contributed by atoms with van der Waals surface area (Å²) in [4.78, 5) is 0. The molecule has 1 heterocycles. The molecule has 110 valence electrons. The zero-order valence-corrected chi connectivity index (χ0v) is 12.8. The van der Waals surface area contributed by atoms with Crippen molar-refractivity contribution in [3.8, 4) is 5.75 Å². The third-order valence-electron chi connectivity index (χ3n) is 3.35. The van der Waals surface area contributed by atoms with Gasteiger partial charge in [0.15, 0.2) is 0 Å². The van der Waals surface area contributed by atoms with Gasteiger partial charge in [-0.3, -0.25) is 4.28 Å². The molecule has 0 saturated heterocycles. The molecular formula is C15H15NO4S. The van der Waals surface area contributed by atoms with Gasteiger partial charge in [-0.1, -0.05) is 35.0 Å². The average molecular weight is 305 g/mol. The standard InChI is InChI=1S/C15H15NO4S/c1-9-4-6-12-11(8-9)5-7-13-14(12)15(10(2)19-13)16-20-21(3,17)18/h4-8,10H,1-3H3/b16-15+. The molecule has 3 rings (SSSR count). The highest BCUT2D eigenvalue weighted by Crippen LogP contribution is 2.35. The van der Waals surface area contributed by atoms with E-state index in [-0.39, 0.29) is 6.10 Å². The topological polar surface area (TPSA) is 65.0 Å². The number of oxime groups is 1. The van der Waals surface area contributed by atoms with Gasteiger partial charge in [0, 0.05) is 0 Å². The number of hydrogen-bond donors (Lipinski definition) is 0. The minimum atomic E-state index is -3.64. The first-order valence-corrected chi connectivity index (χ1v) is 8.34. The first-order chi connectivity index (χ1) is 9.85. The van der Waals surface area contributed by atoms with Crippen LogP contribution in [0.1, 0.15) is 18.1 Å². The molecule has 0 radical (unpaired) electrons. The molecule has 1 aliphatic rings. The lowest BCUT2D eigenvalue weighted by Crippen LogP contribution is -2.17. The van der Waals surface area contributed by atoms with Gasteiger partial charge >= 0.3 is 10.1 Å². The van der Waals surface area contributed by atoms with Crippen molar-refractivity contribution >= 4 is 26.6 Å². The number of rotatable bonds is 2. The van der Waals surface area contributed by atoms with E-state index in [0.29, 0.717) is 11.5 Å². The van der Waals surface area contributed by atoms with Gasteiger partial charge in [0.25, 0.3) is 0 Å². The van der Waals surface area contributed by atoms with Gasteiger partial charge in [-0.2, -0.15) is 8.42 Å². The zero-order chi connectivity index (χ0) is 15.2. The summed E-state index contributed by atoms with van der Waals surface area (Å²) in [7, 11) is -3.64. The van der Waals surface area contributed by atoms with Crippen molar-refractivity contribution in [2.24, 2.45) is 5.16 Å². The highest BCUT2D eigenvalue weighted by Gasteiger charge is 2.30. The number of ether oxygens (including phenoxy) is 1. The Hall–Kier alpha value is -2.08. The third-order valence-corrected chi connectivity index (χ3v) is 3.70. The van der Waals surface area contributed by atoms with Crippen molar-refractivity contribution < 1.29 is 17.4 Å². The Morgan fingerprint density at radius 2 is 2.00 bits per heavy atom. The van der Waals surface area contributed by atoms with E-state index in [1.165, 1.54) is 0 Å². The highest BCUT2D eigenvalue weighted by molar-refractivity contribution is 7.85. The summed E-state index contributed by atoms with van der Waals surface area (Å²) in [5, 5.41) is 5.82. The Bertz CT molecular complexity index is 855. The fourth-order valence-electron chi connectivity index (χ4n) is 2.47. The highest BCUT2D eigenvalue weighted by atomic mass is 32.2. The van der Waals surface area contributed by atoms with Gasteiger partial charge in [-0.25, -0.2) is 0 Å². The summed E-state index contributed by atoms with van der Waals surface area (Å²) in [5.41, 5.74) is 2.44. The summed E-state index contributed by atoms with van der Waals surface area (Å²) >= 11 is 0. The molecular weight excluding hydrogens is 290 g/mol. The van der Waals surface area contributed by atoms with Crippen LogP contribution in [0.5, 0.6) is 5.75 Å². The van der Waals surface area contributed by atoms with Crippen LogP contribution in [0.25, 0.3) is 10.8 Å². The van der Waals surface area contributed by atoms with Crippen LogP contribution < -0.4 is 4.74 Å².